The van der Waals surface area contributed by atoms with Gasteiger partial charge in [-0.15, -0.1) is 0 Å². The molecule has 1 N–H and O–H groups in total. The van der Waals surface area contributed by atoms with Gasteiger partial charge in [0.25, 0.3) is 0 Å². The Morgan fingerprint density at radius 1 is 1.13 bits per heavy atom. The van der Waals surface area contributed by atoms with E-state index in [1.807, 2.05) is 36.7 Å². The number of likely N-dealkylation sites (N-methyl/N-ethyl adjacent to an activating group) is 2. The Kier molecular flexibility index (Phi) is 5.83. The lowest BCUT2D eigenvalue weighted by Crippen LogP contribution is -2.52. The summed E-state index contributed by atoms with van der Waals surface area (Å²) in [5, 5.41) is 7.61. The Labute approximate surface area is 180 Å². The third-order valence-electron chi connectivity index (χ3n) is 5.49. The van der Waals surface area contributed by atoms with Crippen molar-refractivity contribution >= 4 is 23.4 Å². The summed E-state index contributed by atoms with van der Waals surface area (Å²) in [7, 11) is 1.90. The molecule has 3 heterocycles. The Balaban J connectivity index is 1.45. The number of nitrogens with zero attached hydrogens (tertiary/aromatic N) is 6. The fourth-order valence-corrected chi connectivity index (χ4v) is 3.83. The number of rotatable bonds is 7. The minimum Gasteiger partial charge on any atom is -0.350 e. The molecule has 0 saturated carbocycles. The summed E-state index contributed by atoms with van der Waals surface area (Å²) in [5.74, 6) is 1.08. The molecule has 0 spiro atoms. The van der Waals surface area contributed by atoms with E-state index in [-0.39, 0.29) is 17.8 Å². The van der Waals surface area contributed by atoms with E-state index in [4.69, 9.17) is 0 Å². The van der Waals surface area contributed by atoms with Crippen LogP contribution in [0, 0.1) is 5.82 Å². The van der Waals surface area contributed by atoms with Gasteiger partial charge >= 0.3 is 0 Å². The zero-order chi connectivity index (χ0) is 22.0. The molecule has 1 aliphatic heterocycles. The molecule has 0 unspecified atom stereocenters. The summed E-state index contributed by atoms with van der Waals surface area (Å²) in [5.41, 5.74) is 2.69. The molecule has 1 amide bonds. The topological polar surface area (TPSA) is 79.2 Å². The molecule has 31 heavy (non-hydrogen) atoms. The highest BCUT2D eigenvalue weighted by atomic mass is 19.1. The largest absolute Gasteiger partial charge is 0.350 e. The number of carbonyl (C=O) groups excluding carboxylic acids is 1. The van der Waals surface area contributed by atoms with Crippen LogP contribution in [0.4, 0.5) is 21.8 Å². The molecule has 9 heteroatoms. The molecule has 4 rings (SSSR count). The molecule has 0 fully saturated rings. The zero-order valence-corrected chi connectivity index (χ0v) is 17.9. The van der Waals surface area contributed by atoms with E-state index in [2.05, 4.69) is 20.4 Å². The van der Waals surface area contributed by atoms with E-state index >= 15 is 0 Å². The van der Waals surface area contributed by atoms with E-state index in [1.165, 1.54) is 12.1 Å². The van der Waals surface area contributed by atoms with Crippen LogP contribution in [0.3, 0.4) is 0 Å². The normalized spacial score (nSPS) is 15.9. The molecule has 0 bridgehead atoms. The lowest BCUT2D eigenvalue weighted by molar-refractivity contribution is -0.120. The number of aromatic nitrogens is 4. The summed E-state index contributed by atoms with van der Waals surface area (Å²) in [6, 6.07) is 6.17. The number of fused-ring (bicyclic) bond motifs is 1. The van der Waals surface area contributed by atoms with Crippen molar-refractivity contribution in [3.63, 3.8) is 0 Å². The SMILES string of the molecule is CC[C@@H]1C(=O)N(CC)c2cnc(NCc3cnn(Cc4ccc(F)cc4)c3)nc2N1C. The fourth-order valence-electron chi connectivity index (χ4n) is 3.83. The first-order chi connectivity index (χ1) is 15.0. The molecule has 2 aromatic heterocycles. The molecular formula is C22H26FN7O. The Morgan fingerprint density at radius 3 is 2.61 bits per heavy atom. The van der Waals surface area contributed by atoms with E-state index in [0.29, 0.717) is 32.0 Å². The number of carbonyl (C=O) groups is 1. The van der Waals surface area contributed by atoms with Crippen molar-refractivity contribution in [2.45, 2.75) is 39.4 Å². The smallest absolute Gasteiger partial charge is 0.249 e. The average Bonchev–Trinajstić information content (AvgIpc) is 3.22. The molecule has 0 aliphatic carbocycles. The van der Waals surface area contributed by atoms with Crippen molar-refractivity contribution in [1.82, 2.24) is 19.7 Å². The summed E-state index contributed by atoms with van der Waals surface area (Å²) >= 11 is 0. The molecule has 1 aliphatic rings. The van der Waals surface area contributed by atoms with Gasteiger partial charge in [-0.05, 0) is 31.0 Å². The van der Waals surface area contributed by atoms with Gasteiger partial charge in [-0.2, -0.15) is 10.1 Å². The van der Waals surface area contributed by atoms with E-state index in [0.717, 1.165) is 22.6 Å². The van der Waals surface area contributed by atoms with Crippen LogP contribution in [-0.4, -0.2) is 45.3 Å². The van der Waals surface area contributed by atoms with Crippen LogP contribution in [0.2, 0.25) is 0 Å². The van der Waals surface area contributed by atoms with Crippen LogP contribution in [0.15, 0.2) is 42.9 Å². The van der Waals surface area contributed by atoms with E-state index in [1.54, 1.807) is 29.4 Å². The number of hydrogen-bond acceptors (Lipinski definition) is 6. The van der Waals surface area contributed by atoms with Crippen LogP contribution in [0.5, 0.6) is 0 Å². The fraction of sp³-hybridized carbons (Fsp3) is 0.364. The van der Waals surface area contributed by atoms with Gasteiger partial charge in [-0.3, -0.25) is 9.48 Å². The molecule has 162 valence electrons. The lowest BCUT2D eigenvalue weighted by atomic mass is 10.1. The minimum atomic E-state index is -0.249. The van der Waals surface area contributed by atoms with Gasteiger partial charge in [0.1, 0.15) is 17.5 Å². The first kappa shape index (κ1) is 20.8. The number of benzene rings is 1. The lowest BCUT2D eigenvalue weighted by Gasteiger charge is -2.39. The molecule has 0 saturated heterocycles. The zero-order valence-electron chi connectivity index (χ0n) is 17.9. The molecule has 3 aromatic rings. The van der Waals surface area contributed by atoms with Gasteiger partial charge in [-0.1, -0.05) is 19.1 Å². The van der Waals surface area contributed by atoms with Gasteiger partial charge in [0, 0.05) is 31.9 Å². The summed E-state index contributed by atoms with van der Waals surface area (Å²) in [4.78, 5) is 25.4. The van der Waals surface area contributed by atoms with E-state index < -0.39 is 0 Å². The average molecular weight is 423 g/mol. The monoisotopic (exact) mass is 423 g/mol. The molecule has 1 aromatic carbocycles. The van der Waals surface area contributed by atoms with Crippen molar-refractivity contribution < 1.29 is 9.18 Å². The van der Waals surface area contributed by atoms with Crippen LogP contribution in [-0.2, 0) is 17.9 Å². The summed E-state index contributed by atoms with van der Waals surface area (Å²) < 4.78 is 14.9. The maximum atomic E-state index is 13.1. The molecular weight excluding hydrogens is 397 g/mol. The molecule has 0 radical (unpaired) electrons. The Morgan fingerprint density at radius 2 is 1.90 bits per heavy atom. The highest BCUT2D eigenvalue weighted by molar-refractivity contribution is 6.04. The number of amides is 1. The van der Waals surface area contributed by atoms with Crippen molar-refractivity contribution in [3.05, 3.63) is 59.8 Å². The summed E-state index contributed by atoms with van der Waals surface area (Å²) in [6.45, 7) is 5.62. The number of anilines is 3. The number of hydrogen-bond donors (Lipinski definition) is 1. The van der Waals surface area contributed by atoms with Gasteiger partial charge in [0.15, 0.2) is 5.82 Å². The van der Waals surface area contributed by atoms with Crippen LogP contribution < -0.4 is 15.1 Å². The van der Waals surface area contributed by atoms with Gasteiger partial charge in [0.05, 0.1) is 18.9 Å². The van der Waals surface area contributed by atoms with Crippen LogP contribution in [0.1, 0.15) is 31.4 Å². The number of halogens is 1. The van der Waals surface area contributed by atoms with Crippen molar-refractivity contribution in [2.75, 3.05) is 28.7 Å². The predicted octanol–water partition coefficient (Wildman–Crippen LogP) is 3.05. The van der Waals surface area contributed by atoms with E-state index in [9.17, 15) is 9.18 Å². The molecule has 8 nitrogen and oxygen atoms in total. The first-order valence-corrected chi connectivity index (χ1v) is 10.4. The third kappa shape index (κ3) is 4.21. The maximum Gasteiger partial charge on any atom is 0.249 e. The second kappa shape index (κ2) is 8.71. The summed E-state index contributed by atoms with van der Waals surface area (Å²) in [6.07, 6.45) is 6.13. The standard InChI is InChI=1S/C22H26FN7O/c1-4-18-21(31)30(5-2)19-12-25-22(27-20(19)28(18)3)24-10-16-11-26-29(14-16)13-15-6-8-17(23)9-7-15/h6-9,11-12,14,18H,4-5,10,13H2,1-3H3,(H,24,25,27)/t18-/m1/s1. The third-order valence-corrected chi connectivity index (χ3v) is 5.49. The second-order valence-electron chi connectivity index (χ2n) is 7.55. The molecule has 1 atom stereocenters. The minimum absolute atomic E-state index is 0.0814. The van der Waals surface area contributed by atoms with Gasteiger partial charge in [-0.25, -0.2) is 9.37 Å². The highest BCUT2D eigenvalue weighted by Crippen LogP contribution is 2.34. The Bertz CT molecular complexity index is 1070. The van der Waals surface area contributed by atoms with Crippen LogP contribution >= 0.6 is 0 Å². The van der Waals surface area contributed by atoms with Crippen molar-refractivity contribution in [1.29, 1.82) is 0 Å². The van der Waals surface area contributed by atoms with Crippen molar-refractivity contribution in [3.8, 4) is 0 Å². The highest BCUT2D eigenvalue weighted by Gasteiger charge is 2.36. The number of nitrogens with one attached hydrogen (secondary N) is 1. The van der Waals surface area contributed by atoms with Gasteiger partial charge in [0.2, 0.25) is 11.9 Å². The van der Waals surface area contributed by atoms with Crippen LogP contribution in [0.25, 0.3) is 0 Å². The predicted molar refractivity (Wildman–Crippen MR) is 118 cm³/mol. The van der Waals surface area contributed by atoms with Crippen molar-refractivity contribution in [2.24, 2.45) is 0 Å². The Hall–Kier alpha value is -3.49. The van der Waals surface area contributed by atoms with Gasteiger partial charge < -0.3 is 15.1 Å². The first-order valence-electron chi connectivity index (χ1n) is 10.4. The maximum absolute atomic E-state index is 13.1. The second-order valence-corrected chi connectivity index (χ2v) is 7.55. The quantitative estimate of drug-likeness (QED) is 0.629.